The fourth-order valence-electron chi connectivity index (χ4n) is 1.87. The summed E-state index contributed by atoms with van der Waals surface area (Å²) in [7, 11) is 0. The average molecular weight is 306 g/mol. The first kappa shape index (κ1) is 15.3. The molecule has 1 amide bonds. The van der Waals surface area contributed by atoms with Crippen LogP contribution in [0.3, 0.4) is 0 Å². The molecular weight excluding hydrogens is 290 g/mol. The first-order valence-electron chi connectivity index (χ1n) is 6.72. The van der Waals surface area contributed by atoms with Gasteiger partial charge in [-0.1, -0.05) is 17.7 Å². The Morgan fingerprint density at radius 1 is 1.29 bits per heavy atom. The third kappa shape index (κ3) is 4.72. The van der Waals surface area contributed by atoms with Gasteiger partial charge in [-0.25, -0.2) is 0 Å². The number of hydrogen-bond donors (Lipinski definition) is 1. The lowest BCUT2D eigenvalue weighted by Crippen LogP contribution is -2.26. The van der Waals surface area contributed by atoms with Gasteiger partial charge in [-0.2, -0.15) is 0 Å². The van der Waals surface area contributed by atoms with Crippen molar-refractivity contribution in [1.82, 2.24) is 14.9 Å². The normalized spacial score (nSPS) is 10.3. The highest BCUT2D eigenvalue weighted by Crippen LogP contribution is 2.07. The molecule has 0 radical (unpaired) electrons. The number of carbonyl (C=O) groups is 1. The predicted octanol–water partition coefficient (Wildman–Crippen LogP) is 2.11. The third-order valence-corrected chi connectivity index (χ3v) is 3.20. The van der Waals surface area contributed by atoms with Gasteiger partial charge in [0.2, 0.25) is 5.56 Å². The van der Waals surface area contributed by atoms with Crippen LogP contribution >= 0.6 is 11.6 Å². The van der Waals surface area contributed by atoms with Crippen LogP contribution in [0.5, 0.6) is 0 Å². The largest absolute Gasteiger partial charge is 0.351 e. The summed E-state index contributed by atoms with van der Waals surface area (Å²) >= 11 is 5.80. The first-order chi connectivity index (χ1) is 10.2. The second kappa shape index (κ2) is 7.59. The van der Waals surface area contributed by atoms with E-state index in [0.717, 1.165) is 12.8 Å². The van der Waals surface area contributed by atoms with Crippen molar-refractivity contribution in [1.29, 1.82) is 0 Å². The van der Waals surface area contributed by atoms with Crippen molar-refractivity contribution in [3.63, 3.8) is 0 Å². The monoisotopic (exact) mass is 305 g/mol. The molecule has 0 fully saturated rings. The van der Waals surface area contributed by atoms with E-state index in [-0.39, 0.29) is 11.5 Å². The Kier molecular flexibility index (Phi) is 5.51. The van der Waals surface area contributed by atoms with E-state index in [9.17, 15) is 9.59 Å². The number of nitrogens with zero attached hydrogens (tertiary/aromatic N) is 2. The van der Waals surface area contributed by atoms with Crippen molar-refractivity contribution in [3.8, 4) is 0 Å². The molecule has 0 atom stereocenters. The molecule has 0 aliphatic rings. The lowest BCUT2D eigenvalue weighted by atomic mass is 10.3. The molecule has 0 aliphatic heterocycles. The van der Waals surface area contributed by atoms with Gasteiger partial charge in [0, 0.05) is 36.6 Å². The topological polar surface area (TPSA) is 64.0 Å². The van der Waals surface area contributed by atoms with E-state index in [1.165, 1.54) is 18.3 Å². The highest BCUT2D eigenvalue weighted by Gasteiger charge is 2.06. The summed E-state index contributed by atoms with van der Waals surface area (Å²) < 4.78 is 1.65. The smallest absolute Gasteiger partial charge is 0.269 e. The van der Waals surface area contributed by atoms with Crippen molar-refractivity contribution >= 4 is 17.5 Å². The maximum absolute atomic E-state index is 11.8. The Bertz CT molecular complexity index is 670. The van der Waals surface area contributed by atoms with Gasteiger partial charge in [0.25, 0.3) is 5.91 Å². The minimum absolute atomic E-state index is 0.00957. The summed E-state index contributed by atoms with van der Waals surface area (Å²) in [5.41, 5.74) is 0.298. The molecule has 1 N–H and O–H groups in total. The number of aromatic nitrogens is 2. The number of halogens is 1. The van der Waals surface area contributed by atoms with E-state index in [1.54, 1.807) is 22.9 Å². The maximum atomic E-state index is 11.8. The summed E-state index contributed by atoms with van der Waals surface area (Å²) in [6, 6.07) is 8.23. The second-order valence-electron chi connectivity index (χ2n) is 4.55. The standard InChI is InChI=1S/C15H16ClN3O2/c16-12-6-8-17-13(11-12)15(21)18-7-2-4-10-19-9-3-1-5-14(19)20/h1,3,5-6,8-9,11H,2,4,7,10H2,(H,18,21). The highest BCUT2D eigenvalue weighted by atomic mass is 35.5. The van der Waals surface area contributed by atoms with E-state index in [0.29, 0.717) is 23.8 Å². The van der Waals surface area contributed by atoms with Gasteiger partial charge in [-0.3, -0.25) is 14.6 Å². The van der Waals surface area contributed by atoms with Gasteiger partial charge in [-0.05, 0) is 31.0 Å². The zero-order chi connectivity index (χ0) is 15.1. The van der Waals surface area contributed by atoms with E-state index in [1.807, 2.05) is 6.07 Å². The Balaban J connectivity index is 1.72. The van der Waals surface area contributed by atoms with E-state index in [4.69, 9.17) is 11.6 Å². The quantitative estimate of drug-likeness (QED) is 0.831. The number of hydrogen-bond acceptors (Lipinski definition) is 3. The summed E-state index contributed by atoms with van der Waals surface area (Å²) in [5, 5.41) is 3.26. The number of unbranched alkanes of at least 4 members (excludes halogenated alkanes) is 1. The molecule has 0 saturated carbocycles. The molecule has 0 aliphatic carbocycles. The molecule has 2 aromatic rings. The Hall–Kier alpha value is -2.14. The number of nitrogens with one attached hydrogen (secondary N) is 1. The molecule has 0 bridgehead atoms. The average Bonchev–Trinajstić information content (AvgIpc) is 2.48. The fraction of sp³-hybridized carbons (Fsp3) is 0.267. The van der Waals surface area contributed by atoms with Gasteiger partial charge in [0.1, 0.15) is 5.69 Å². The van der Waals surface area contributed by atoms with Crippen LogP contribution in [0.1, 0.15) is 23.3 Å². The zero-order valence-corrected chi connectivity index (χ0v) is 12.2. The lowest BCUT2D eigenvalue weighted by molar-refractivity contribution is 0.0948. The fourth-order valence-corrected chi connectivity index (χ4v) is 2.03. The van der Waals surface area contributed by atoms with E-state index in [2.05, 4.69) is 10.3 Å². The SMILES string of the molecule is O=C(NCCCCn1ccccc1=O)c1cc(Cl)ccn1. The van der Waals surface area contributed by atoms with Gasteiger partial charge < -0.3 is 9.88 Å². The minimum Gasteiger partial charge on any atom is -0.351 e. The molecular formula is C15H16ClN3O2. The van der Waals surface area contributed by atoms with Gasteiger partial charge in [0.05, 0.1) is 0 Å². The van der Waals surface area contributed by atoms with Crippen LogP contribution in [0.25, 0.3) is 0 Å². The van der Waals surface area contributed by atoms with Crippen LogP contribution in [0, 0.1) is 0 Å². The molecule has 0 spiro atoms. The Labute approximate surface area is 127 Å². The van der Waals surface area contributed by atoms with Crippen molar-refractivity contribution < 1.29 is 4.79 Å². The maximum Gasteiger partial charge on any atom is 0.269 e. The summed E-state index contributed by atoms with van der Waals surface area (Å²) in [6.07, 6.45) is 4.86. The molecule has 2 heterocycles. The second-order valence-corrected chi connectivity index (χ2v) is 4.99. The summed E-state index contributed by atoms with van der Waals surface area (Å²) in [5.74, 6) is -0.241. The van der Waals surface area contributed by atoms with Crippen molar-refractivity contribution in [3.05, 3.63) is 63.8 Å². The number of pyridine rings is 2. The zero-order valence-electron chi connectivity index (χ0n) is 11.5. The minimum atomic E-state index is -0.241. The molecule has 2 rings (SSSR count). The number of rotatable bonds is 6. The summed E-state index contributed by atoms with van der Waals surface area (Å²) in [6.45, 7) is 1.18. The molecule has 5 nitrogen and oxygen atoms in total. The van der Waals surface area contributed by atoms with Crippen LogP contribution in [0.15, 0.2) is 47.5 Å². The molecule has 0 saturated heterocycles. The predicted molar refractivity (Wildman–Crippen MR) is 81.5 cm³/mol. The third-order valence-electron chi connectivity index (χ3n) is 2.96. The Morgan fingerprint density at radius 3 is 2.90 bits per heavy atom. The van der Waals surface area contributed by atoms with Gasteiger partial charge >= 0.3 is 0 Å². The number of aryl methyl sites for hydroxylation is 1. The highest BCUT2D eigenvalue weighted by molar-refractivity contribution is 6.30. The van der Waals surface area contributed by atoms with Crippen molar-refractivity contribution in [2.75, 3.05) is 6.54 Å². The molecule has 0 aromatic carbocycles. The lowest BCUT2D eigenvalue weighted by Gasteiger charge is -2.06. The number of amides is 1. The van der Waals surface area contributed by atoms with Crippen molar-refractivity contribution in [2.24, 2.45) is 0 Å². The van der Waals surface area contributed by atoms with Crippen molar-refractivity contribution in [2.45, 2.75) is 19.4 Å². The molecule has 2 aromatic heterocycles. The Morgan fingerprint density at radius 2 is 2.14 bits per heavy atom. The molecule has 0 unspecified atom stereocenters. The van der Waals surface area contributed by atoms with Gasteiger partial charge in [-0.15, -0.1) is 0 Å². The van der Waals surface area contributed by atoms with E-state index < -0.39 is 0 Å². The molecule has 21 heavy (non-hydrogen) atoms. The van der Waals surface area contributed by atoms with Crippen LogP contribution in [0.2, 0.25) is 5.02 Å². The molecule has 6 heteroatoms. The first-order valence-corrected chi connectivity index (χ1v) is 7.10. The number of carbonyl (C=O) groups excluding carboxylic acids is 1. The summed E-state index contributed by atoms with van der Waals surface area (Å²) in [4.78, 5) is 27.2. The van der Waals surface area contributed by atoms with Crippen LogP contribution < -0.4 is 10.9 Å². The van der Waals surface area contributed by atoms with Crippen LogP contribution in [0.4, 0.5) is 0 Å². The van der Waals surface area contributed by atoms with Gasteiger partial charge in [0.15, 0.2) is 0 Å². The van der Waals surface area contributed by atoms with Crippen LogP contribution in [-0.4, -0.2) is 22.0 Å². The van der Waals surface area contributed by atoms with E-state index >= 15 is 0 Å². The van der Waals surface area contributed by atoms with Crippen LogP contribution in [-0.2, 0) is 6.54 Å². The molecule has 110 valence electrons.